The van der Waals surface area contributed by atoms with Crippen LogP contribution >= 0.6 is 0 Å². The molecule has 1 atom stereocenters. The smallest absolute Gasteiger partial charge is 0.407 e. The molecule has 0 aliphatic heterocycles. The molecule has 10 heteroatoms. The number of alkyl carbamates (subject to hydrolysis) is 1. The quantitative estimate of drug-likeness (QED) is 0.356. The third kappa shape index (κ3) is 8.09. The van der Waals surface area contributed by atoms with Crippen molar-refractivity contribution < 1.29 is 29.0 Å². The van der Waals surface area contributed by atoms with E-state index in [1.165, 1.54) is 16.7 Å². The number of carbonyl (C=O) groups excluding carboxylic acids is 2. The van der Waals surface area contributed by atoms with Gasteiger partial charge < -0.3 is 25.2 Å². The van der Waals surface area contributed by atoms with E-state index in [2.05, 4.69) is 10.6 Å². The number of hydrogen-bond acceptors (Lipinski definition) is 6. The molecule has 0 bridgehead atoms. The minimum Gasteiger partial charge on any atom is -0.492 e. The summed E-state index contributed by atoms with van der Waals surface area (Å²) >= 11 is 0. The number of aromatic nitrogens is 1. The molecular weight excluding hydrogens is 478 g/mol. The van der Waals surface area contributed by atoms with Gasteiger partial charge in [-0.2, -0.15) is 0 Å². The van der Waals surface area contributed by atoms with Gasteiger partial charge in [-0.1, -0.05) is 30.3 Å². The van der Waals surface area contributed by atoms with Crippen LogP contribution in [0.4, 0.5) is 4.79 Å². The number of carboxylic acid groups (broad SMARTS) is 1. The van der Waals surface area contributed by atoms with Gasteiger partial charge in [0, 0.05) is 12.1 Å². The second kappa shape index (κ2) is 12.1. The maximum absolute atomic E-state index is 13.1. The zero-order valence-electron chi connectivity index (χ0n) is 21.0. The van der Waals surface area contributed by atoms with E-state index in [9.17, 15) is 24.3 Å². The molecule has 2 amide bonds. The van der Waals surface area contributed by atoms with Gasteiger partial charge in [0.25, 0.3) is 11.5 Å². The Morgan fingerprint density at radius 1 is 1.03 bits per heavy atom. The van der Waals surface area contributed by atoms with E-state index in [0.29, 0.717) is 29.8 Å². The van der Waals surface area contributed by atoms with Crippen LogP contribution in [0.1, 0.15) is 55.6 Å². The van der Waals surface area contributed by atoms with E-state index in [-0.39, 0.29) is 18.6 Å². The Bertz CT molecular complexity index is 1310. The fourth-order valence-electron chi connectivity index (χ4n) is 3.55. The molecule has 0 fully saturated rings. The molecule has 2 heterocycles. The second-order valence-corrected chi connectivity index (χ2v) is 9.38. The number of nitrogens with zero attached hydrogens (tertiary/aromatic N) is 1. The topological polar surface area (TPSA) is 135 Å². The minimum absolute atomic E-state index is 0.123. The molecule has 0 aliphatic rings. The predicted octanol–water partition coefficient (Wildman–Crippen LogP) is 3.54. The van der Waals surface area contributed by atoms with Crippen molar-refractivity contribution in [3.05, 3.63) is 82.3 Å². The zero-order chi connectivity index (χ0) is 27.0. The van der Waals surface area contributed by atoms with Crippen LogP contribution in [-0.4, -0.2) is 46.2 Å². The largest absolute Gasteiger partial charge is 0.492 e. The number of carbonyl (C=O) groups is 3. The van der Waals surface area contributed by atoms with Crippen LogP contribution in [-0.2, 0) is 9.53 Å². The van der Waals surface area contributed by atoms with Crippen LogP contribution < -0.4 is 20.9 Å². The molecule has 37 heavy (non-hydrogen) atoms. The predicted molar refractivity (Wildman–Crippen MR) is 137 cm³/mol. The monoisotopic (exact) mass is 509 g/mol. The number of hydrogen-bond donors (Lipinski definition) is 3. The van der Waals surface area contributed by atoms with E-state index in [1.54, 1.807) is 69.3 Å². The maximum Gasteiger partial charge on any atom is 0.407 e. The summed E-state index contributed by atoms with van der Waals surface area (Å²) in [6, 6.07) is 14.3. The molecule has 0 aliphatic carbocycles. The summed E-state index contributed by atoms with van der Waals surface area (Å²) in [6.07, 6.45) is 1.17. The van der Waals surface area contributed by atoms with Gasteiger partial charge in [-0.25, -0.2) is 4.79 Å². The molecule has 10 nitrogen and oxygen atoms in total. The Hall–Kier alpha value is -4.34. The van der Waals surface area contributed by atoms with Crippen LogP contribution in [0.25, 0.3) is 5.52 Å². The number of rotatable bonds is 10. The number of carboxylic acids is 1. The third-order valence-corrected chi connectivity index (χ3v) is 5.21. The van der Waals surface area contributed by atoms with Gasteiger partial charge in [0.1, 0.15) is 16.9 Å². The maximum atomic E-state index is 13.1. The van der Waals surface area contributed by atoms with E-state index in [4.69, 9.17) is 9.47 Å². The number of ether oxygens (including phenoxy) is 2. The van der Waals surface area contributed by atoms with Crippen molar-refractivity contribution in [1.82, 2.24) is 15.0 Å². The highest BCUT2D eigenvalue weighted by molar-refractivity contribution is 5.94. The summed E-state index contributed by atoms with van der Waals surface area (Å²) in [5.74, 6) is -1.33. The first kappa shape index (κ1) is 27.3. The first-order valence-corrected chi connectivity index (χ1v) is 11.9. The van der Waals surface area contributed by atoms with Crippen molar-refractivity contribution in [2.24, 2.45) is 0 Å². The Kier molecular flexibility index (Phi) is 8.89. The van der Waals surface area contributed by atoms with E-state index >= 15 is 0 Å². The van der Waals surface area contributed by atoms with Gasteiger partial charge in [0.05, 0.1) is 25.3 Å². The Morgan fingerprint density at radius 3 is 2.41 bits per heavy atom. The number of fused-ring (bicyclic) bond motifs is 1. The lowest BCUT2D eigenvalue weighted by atomic mass is 10.0. The number of amides is 2. The van der Waals surface area contributed by atoms with Gasteiger partial charge >= 0.3 is 12.1 Å². The van der Waals surface area contributed by atoms with Crippen LogP contribution in [0.2, 0.25) is 0 Å². The fraction of sp³-hybridized carbons (Fsp3) is 0.333. The molecule has 3 aromatic rings. The number of pyridine rings is 2. The fourth-order valence-corrected chi connectivity index (χ4v) is 3.55. The van der Waals surface area contributed by atoms with Crippen molar-refractivity contribution in [3.63, 3.8) is 0 Å². The normalized spacial score (nSPS) is 12.0. The van der Waals surface area contributed by atoms with Crippen LogP contribution in [0.5, 0.6) is 5.75 Å². The second-order valence-electron chi connectivity index (χ2n) is 9.38. The van der Waals surface area contributed by atoms with Crippen molar-refractivity contribution in [3.8, 4) is 5.75 Å². The summed E-state index contributed by atoms with van der Waals surface area (Å²) < 4.78 is 12.2. The van der Waals surface area contributed by atoms with Gasteiger partial charge in [0.2, 0.25) is 0 Å². The average Bonchev–Trinajstić information content (AvgIpc) is 2.83. The first-order chi connectivity index (χ1) is 17.5. The third-order valence-electron chi connectivity index (χ3n) is 5.21. The zero-order valence-corrected chi connectivity index (χ0v) is 21.0. The summed E-state index contributed by atoms with van der Waals surface area (Å²) in [5, 5.41) is 14.6. The lowest BCUT2D eigenvalue weighted by molar-refractivity contribution is -0.137. The molecule has 2 aromatic heterocycles. The van der Waals surface area contributed by atoms with Crippen LogP contribution in [0, 0.1) is 0 Å². The van der Waals surface area contributed by atoms with Gasteiger partial charge in [-0.15, -0.1) is 0 Å². The molecule has 3 N–H and O–H groups in total. The minimum atomic E-state index is -1.08. The standard InChI is InChI=1S/C27H31N3O7/c1-27(2,3)37-26(35)28-14-7-15-36-20-12-10-19-11-13-21(25(34)30(19)17-20)24(33)29-22(16-23(31)32)18-8-5-4-6-9-18/h4-6,8-13,17,22H,7,14-16H2,1-3H3,(H,28,35)(H,29,33)(H,31,32). The van der Waals surface area contributed by atoms with Crippen molar-refractivity contribution >= 4 is 23.5 Å². The molecule has 0 radical (unpaired) electrons. The SMILES string of the molecule is CC(C)(C)OC(=O)NCCCOc1ccc2ccc(C(=O)NC(CC(=O)O)c3ccccc3)c(=O)n2c1. The Morgan fingerprint density at radius 2 is 1.73 bits per heavy atom. The molecule has 0 spiro atoms. The molecule has 196 valence electrons. The lowest BCUT2D eigenvalue weighted by Crippen LogP contribution is -2.34. The molecule has 1 unspecified atom stereocenters. The molecule has 1 aromatic carbocycles. The highest BCUT2D eigenvalue weighted by Gasteiger charge is 2.21. The number of aliphatic carboxylic acids is 1. The Balaban J connectivity index is 1.67. The first-order valence-electron chi connectivity index (χ1n) is 11.9. The summed E-state index contributed by atoms with van der Waals surface area (Å²) in [5.41, 5.74) is -0.0775. The molecule has 0 saturated carbocycles. The summed E-state index contributed by atoms with van der Waals surface area (Å²) in [4.78, 5) is 49.1. The van der Waals surface area contributed by atoms with E-state index < -0.39 is 35.2 Å². The molecule has 0 saturated heterocycles. The number of nitrogens with one attached hydrogen (secondary N) is 2. The van der Waals surface area contributed by atoms with Gasteiger partial charge in [-0.3, -0.25) is 18.8 Å². The van der Waals surface area contributed by atoms with Crippen LogP contribution in [0.15, 0.2) is 65.6 Å². The van der Waals surface area contributed by atoms with Crippen molar-refractivity contribution in [2.45, 2.75) is 45.3 Å². The highest BCUT2D eigenvalue weighted by Crippen LogP contribution is 2.18. The van der Waals surface area contributed by atoms with Gasteiger partial charge in [-0.05, 0) is 57.0 Å². The van der Waals surface area contributed by atoms with Crippen LogP contribution in [0.3, 0.4) is 0 Å². The lowest BCUT2D eigenvalue weighted by Gasteiger charge is -2.19. The van der Waals surface area contributed by atoms with Crippen molar-refractivity contribution in [2.75, 3.05) is 13.2 Å². The molecule has 3 rings (SSSR count). The summed E-state index contributed by atoms with van der Waals surface area (Å²) in [6.45, 7) is 5.98. The Labute approximate surface area is 214 Å². The van der Waals surface area contributed by atoms with E-state index in [1.807, 2.05) is 0 Å². The summed E-state index contributed by atoms with van der Waals surface area (Å²) in [7, 11) is 0. The van der Waals surface area contributed by atoms with Crippen molar-refractivity contribution in [1.29, 1.82) is 0 Å². The highest BCUT2D eigenvalue weighted by atomic mass is 16.6. The average molecular weight is 510 g/mol. The number of benzene rings is 1. The van der Waals surface area contributed by atoms with Gasteiger partial charge in [0.15, 0.2) is 0 Å². The molecular formula is C27H31N3O7. The van der Waals surface area contributed by atoms with E-state index in [0.717, 1.165) is 0 Å².